The normalized spacial score (nSPS) is 10.5. The Kier molecular flexibility index (Phi) is 6.22. The Hall–Kier alpha value is -1.01. The van der Waals surface area contributed by atoms with Crippen molar-refractivity contribution in [1.82, 2.24) is 0 Å². The van der Waals surface area contributed by atoms with Crippen molar-refractivity contribution in [2.45, 2.75) is 13.3 Å². The molecule has 0 spiro atoms. The second-order valence-corrected chi connectivity index (χ2v) is 9.39. The van der Waals surface area contributed by atoms with Gasteiger partial charge in [-0.3, -0.25) is 0 Å². The van der Waals surface area contributed by atoms with Crippen molar-refractivity contribution in [1.29, 1.82) is 0 Å². The summed E-state index contributed by atoms with van der Waals surface area (Å²) in [6.45, 7) is 2.21. The zero-order valence-electron chi connectivity index (χ0n) is 13.4. The van der Waals surface area contributed by atoms with Gasteiger partial charge in [0, 0.05) is 0 Å². The van der Waals surface area contributed by atoms with Crippen LogP contribution in [0.5, 0.6) is 0 Å². The first-order valence-corrected chi connectivity index (χ1v) is 14.2. The molecule has 0 aliphatic rings. The molecule has 0 bridgehead atoms. The predicted molar refractivity (Wildman–Crippen MR) is 104 cm³/mol. The molecule has 24 heavy (non-hydrogen) atoms. The van der Waals surface area contributed by atoms with Crippen molar-refractivity contribution in [3.8, 4) is 11.1 Å². The summed E-state index contributed by atoms with van der Waals surface area (Å²) in [5.41, 5.74) is 4.05. The van der Waals surface area contributed by atoms with Gasteiger partial charge >= 0.3 is 37.9 Å². The molecule has 0 saturated carbocycles. The minimum atomic E-state index is -0.826. The summed E-state index contributed by atoms with van der Waals surface area (Å²) in [5, 5.41) is 5.31. The van der Waals surface area contributed by atoms with Crippen molar-refractivity contribution in [3.63, 3.8) is 0 Å². The van der Waals surface area contributed by atoms with Crippen molar-refractivity contribution >= 4 is 38.6 Å². The number of halogens is 2. The molecule has 0 fully saturated rings. The SMILES string of the molecule is CCc1cc2c(-c3ccc4ccccc4c3)cccc2[cH-]1.[Cl][Zr][Cl]. The van der Waals surface area contributed by atoms with Gasteiger partial charge in [0.15, 0.2) is 0 Å². The summed E-state index contributed by atoms with van der Waals surface area (Å²) in [5.74, 6) is 0. The van der Waals surface area contributed by atoms with Gasteiger partial charge in [-0.05, 0) is 28.8 Å². The van der Waals surface area contributed by atoms with Gasteiger partial charge in [0.25, 0.3) is 0 Å². The first-order chi connectivity index (χ1) is 11.8. The molecule has 0 aromatic heterocycles. The Bertz CT molecular complexity index is 956. The van der Waals surface area contributed by atoms with E-state index >= 15 is 0 Å². The molecule has 0 aliphatic carbocycles. The van der Waals surface area contributed by atoms with Crippen LogP contribution in [0.2, 0.25) is 0 Å². The third kappa shape index (κ3) is 3.80. The summed E-state index contributed by atoms with van der Waals surface area (Å²) in [6, 6.07) is 26.5. The number of hydrogen-bond donors (Lipinski definition) is 0. The van der Waals surface area contributed by atoms with E-state index in [0.29, 0.717) is 0 Å². The Labute approximate surface area is 161 Å². The fourth-order valence-electron chi connectivity index (χ4n) is 3.11. The van der Waals surface area contributed by atoms with Gasteiger partial charge in [-0.2, -0.15) is 6.07 Å². The maximum atomic E-state index is 4.93. The second kappa shape index (κ2) is 8.39. The van der Waals surface area contributed by atoms with Crippen molar-refractivity contribution in [2.24, 2.45) is 0 Å². The van der Waals surface area contributed by atoms with E-state index in [1.807, 2.05) is 0 Å². The zero-order chi connectivity index (χ0) is 16.9. The molecule has 0 saturated heterocycles. The standard InChI is InChI=1S/C21H17.2ClH.Zr/c1-2-15-12-18-8-5-9-20(21(18)13-15)19-11-10-16-6-3-4-7-17(16)14-19;;;/h3-14H,2H2,1H3;2*1H;/q-1;;;+2/p-2. The van der Waals surface area contributed by atoms with Crippen LogP contribution < -0.4 is 0 Å². The van der Waals surface area contributed by atoms with Gasteiger partial charge in [0.2, 0.25) is 0 Å². The fraction of sp³-hybridized carbons (Fsp3) is 0.0952. The van der Waals surface area contributed by atoms with E-state index in [1.54, 1.807) is 0 Å². The quantitative estimate of drug-likeness (QED) is 0.292. The van der Waals surface area contributed by atoms with Gasteiger partial charge < -0.3 is 0 Å². The van der Waals surface area contributed by atoms with Gasteiger partial charge in [-0.25, -0.2) is 0 Å². The Morgan fingerprint density at radius 3 is 2.38 bits per heavy atom. The van der Waals surface area contributed by atoms with Crippen LogP contribution in [0.3, 0.4) is 0 Å². The average molecular weight is 431 g/mol. The number of hydrogen-bond acceptors (Lipinski definition) is 0. The van der Waals surface area contributed by atoms with E-state index in [0.717, 1.165) is 6.42 Å². The van der Waals surface area contributed by atoms with E-state index in [-0.39, 0.29) is 0 Å². The van der Waals surface area contributed by atoms with Crippen molar-refractivity contribution < 1.29 is 20.8 Å². The van der Waals surface area contributed by atoms with Gasteiger partial charge in [-0.1, -0.05) is 55.0 Å². The van der Waals surface area contributed by atoms with Crippen LogP contribution in [0, 0.1) is 0 Å². The fourth-order valence-corrected chi connectivity index (χ4v) is 3.11. The van der Waals surface area contributed by atoms with Crippen LogP contribution in [0.4, 0.5) is 0 Å². The van der Waals surface area contributed by atoms with E-state index in [2.05, 4.69) is 79.7 Å². The van der Waals surface area contributed by atoms with E-state index in [9.17, 15) is 0 Å². The van der Waals surface area contributed by atoms with Crippen LogP contribution in [-0.2, 0) is 27.3 Å². The van der Waals surface area contributed by atoms with Crippen LogP contribution in [-0.4, -0.2) is 0 Å². The van der Waals surface area contributed by atoms with Crippen LogP contribution in [0.15, 0.2) is 72.8 Å². The molecule has 0 amide bonds. The summed E-state index contributed by atoms with van der Waals surface area (Å²) in [7, 11) is 9.87. The summed E-state index contributed by atoms with van der Waals surface area (Å²) >= 11 is -0.826. The number of fused-ring (bicyclic) bond motifs is 2. The van der Waals surface area contributed by atoms with Gasteiger partial charge in [0.05, 0.1) is 0 Å². The zero-order valence-corrected chi connectivity index (χ0v) is 17.4. The van der Waals surface area contributed by atoms with Crippen molar-refractivity contribution in [3.05, 3.63) is 78.4 Å². The topological polar surface area (TPSA) is 0 Å². The molecule has 0 aliphatic heterocycles. The first kappa shape index (κ1) is 17.8. The molecule has 4 aromatic rings. The molecule has 0 radical (unpaired) electrons. The average Bonchev–Trinajstić information content (AvgIpc) is 3.05. The summed E-state index contributed by atoms with van der Waals surface area (Å²) < 4.78 is 0. The molecule has 0 unspecified atom stereocenters. The van der Waals surface area contributed by atoms with E-state index in [1.165, 1.54) is 38.2 Å². The molecule has 3 heteroatoms. The molecule has 4 rings (SSSR count). The van der Waals surface area contributed by atoms with E-state index in [4.69, 9.17) is 17.0 Å². The third-order valence-electron chi connectivity index (χ3n) is 4.28. The number of rotatable bonds is 2. The molecular formula is C21H17Cl2Zr-. The minimum absolute atomic E-state index is 0.826. The first-order valence-electron chi connectivity index (χ1n) is 7.90. The molecular weight excluding hydrogens is 414 g/mol. The van der Waals surface area contributed by atoms with Crippen LogP contribution in [0.1, 0.15) is 12.5 Å². The van der Waals surface area contributed by atoms with Crippen LogP contribution >= 0.6 is 17.0 Å². The number of benzene rings is 3. The Morgan fingerprint density at radius 2 is 1.62 bits per heavy atom. The molecule has 0 N–H and O–H groups in total. The predicted octanol–water partition coefficient (Wildman–Crippen LogP) is 7.32. The molecule has 0 heterocycles. The third-order valence-corrected chi connectivity index (χ3v) is 4.28. The molecule has 120 valence electrons. The monoisotopic (exact) mass is 429 g/mol. The van der Waals surface area contributed by atoms with Gasteiger partial charge in [0.1, 0.15) is 0 Å². The molecule has 0 atom stereocenters. The Balaban J connectivity index is 0.000000526. The van der Waals surface area contributed by atoms with Gasteiger partial charge in [-0.15, -0.1) is 34.5 Å². The van der Waals surface area contributed by atoms with Crippen molar-refractivity contribution in [2.75, 3.05) is 0 Å². The Morgan fingerprint density at radius 1 is 0.875 bits per heavy atom. The molecule has 0 nitrogen and oxygen atoms in total. The maximum absolute atomic E-state index is 4.93. The van der Waals surface area contributed by atoms with Crippen LogP contribution in [0.25, 0.3) is 32.7 Å². The van der Waals surface area contributed by atoms with E-state index < -0.39 is 20.8 Å². The summed E-state index contributed by atoms with van der Waals surface area (Å²) in [6.07, 6.45) is 1.09. The number of aryl methyl sites for hydroxylation is 1. The summed E-state index contributed by atoms with van der Waals surface area (Å²) in [4.78, 5) is 0. The second-order valence-electron chi connectivity index (χ2n) is 5.66. The molecule has 4 aromatic carbocycles.